The zero-order chi connectivity index (χ0) is 14.0. The van der Waals surface area contributed by atoms with Crippen LogP contribution in [-0.4, -0.2) is 19.3 Å². The van der Waals surface area contributed by atoms with Crippen LogP contribution in [0.25, 0.3) is 0 Å². The number of aryl methyl sites for hydroxylation is 1. The van der Waals surface area contributed by atoms with Gasteiger partial charge in [0, 0.05) is 19.8 Å². The second kappa shape index (κ2) is 5.01. The normalized spacial score (nSPS) is 10.6. The minimum absolute atomic E-state index is 0.132. The summed E-state index contributed by atoms with van der Waals surface area (Å²) in [6.07, 6.45) is 1.80. The molecule has 0 bridgehead atoms. The SMILES string of the molecule is CCn1c(N)c(NCc2ccn(C)n2)c(=O)[nH]c1=O. The molecular weight excluding hydrogens is 248 g/mol. The number of H-pyrrole nitrogens is 1. The van der Waals surface area contributed by atoms with Gasteiger partial charge >= 0.3 is 5.69 Å². The van der Waals surface area contributed by atoms with E-state index in [4.69, 9.17) is 5.73 Å². The molecule has 0 aliphatic carbocycles. The smallest absolute Gasteiger partial charge is 0.330 e. The van der Waals surface area contributed by atoms with E-state index >= 15 is 0 Å². The topological polar surface area (TPSA) is 111 Å². The summed E-state index contributed by atoms with van der Waals surface area (Å²) in [6, 6.07) is 1.83. The summed E-state index contributed by atoms with van der Waals surface area (Å²) in [5.74, 6) is 0.132. The summed E-state index contributed by atoms with van der Waals surface area (Å²) in [6.45, 7) is 2.52. The molecule has 0 aliphatic rings. The Morgan fingerprint density at radius 3 is 2.79 bits per heavy atom. The minimum Gasteiger partial charge on any atom is -0.383 e. The fourth-order valence-corrected chi connectivity index (χ4v) is 1.81. The highest BCUT2D eigenvalue weighted by Crippen LogP contribution is 2.10. The molecule has 2 rings (SSSR count). The highest BCUT2D eigenvalue weighted by molar-refractivity contribution is 5.60. The van der Waals surface area contributed by atoms with E-state index in [1.807, 2.05) is 13.1 Å². The first kappa shape index (κ1) is 12.9. The molecular formula is C11H16N6O2. The van der Waals surface area contributed by atoms with Crippen LogP contribution in [-0.2, 0) is 20.1 Å². The highest BCUT2D eigenvalue weighted by Gasteiger charge is 2.11. The summed E-state index contributed by atoms with van der Waals surface area (Å²) < 4.78 is 2.96. The fourth-order valence-electron chi connectivity index (χ4n) is 1.81. The van der Waals surface area contributed by atoms with Crippen molar-refractivity contribution < 1.29 is 0 Å². The number of nitrogen functional groups attached to an aromatic ring is 1. The number of nitrogens with zero attached hydrogens (tertiary/aromatic N) is 3. The number of nitrogens with two attached hydrogens (primary N) is 1. The molecule has 0 spiro atoms. The molecule has 19 heavy (non-hydrogen) atoms. The van der Waals surface area contributed by atoms with Crippen LogP contribution >= 0.6 is 0 Å². The fraction of sp³-hybridized carbons (Fsp3) is 0.364. The van der Waals surface area contributed by atoms with E-state index in [1.165, 1.54) is 4.57 Å². The quantitative estimate of drug-likeness (QED) is 0.688. The van der Waals surface area contributed by atoms with Crippen molar-refractivity contribution in [3.05, 3.63) is 38.8 Å². The van der Waals surface area contributed by atoms with Crippen LogP contribution in [0.1, 0.15) is 12.6 Å². The second-order valence-electron chi connectivity index (χ2n) is 4.10. The Labute approximate surface area is 108 Å². The van der Waals surface area contributed by atoms with Gasteiger partial charge in [0.1, 0.15) is 11.5 Å². The van der Waals surface area contributed by atoms with Gasteiger partial charge in [-0.15, -0.1) is 0 Å². The maximum Gasteiger partial charge on any atom is 0.330 e. The Hall–Kier alpha value is -2.51. The van der Waals surface area contributed by atoms with Gasteiger partial charge in [0.05, 0.1) is 12.2 Å². The van der Waals surface area contributed by atoms with Crippen molar-refractivity contribution in [2.45, 2.75) is 20.0 Å². The average Bonchev–Trinajstić information content (AvgIpc) is 2.75. The first-order valence-corrected chi connectivity index (χ1v) is 5.88. The Morgan fingerprint density at radius 2 is 2.21 bits per heavy atom. The van der Waals surface area contributed by atoms with Crippen molar-refractivity contribution in [3.8, 4) is 0 Å². The molecule has 0 radical (unpaired) electrons. The van der Waals surface area contributed by atoms with E-state index in [0.29, 0.717) is 13.1 Å². The lowest BCUT2D eigenvalue weighted by atomic mass is 10.4. The van der Waals surface area contributed by atoms with Gasteiger partial charge in [0.15, 0.2) is 0 Å². The molecule has 0 aliphatic heterocycles. The highest BCUT2D eigenvalue weighted by atomic mass is 16.2. The van der Waals surface area contributed by atoms with Gasteiger partial charge in [-0.3, -0.25) is 19.0 Å². The van der Waals surface area contributed by atoms with E-state index in [1.54, 1.807) is 17.8 Å². The molecule has 0 saturated carbocycles. The van der Waals surface area contributed by atoms with Crippen LogP contribution in [0.4, 0.5) is 11.5 Å². The molecule has 4 N–H and O–H groups in total. The lowest BCUT2D eigenvalue weighted by Crippen LogP contribution is -2.33. The van der Waals surface area contributed by atoms with Crippen molar-refractivity contribution in [1.29, 1.82) is 0 Å². The van der Waals surface area contributed by atoms with Gasteiger partial charge in [-0.25, -0.2) is 4.79 Å². The summed E-state index contributed by atoms with van der Waals surface area (Å²) in [4.78, 5) is 25.4. The molecule has 2 aromatic heterocycles. The van der Waals surface area contributed by atoms with E-state index in [9.17, 15) is 9.59 Å². The van der Waals surface area contributed by atoms with Gasteiger partial charge in [-0.05, 0) is 13.0 Å². The summed E-state index contributed by atoms with van der Waals surface area (Å²) in [7, 11) is 1.81. The third-order valence-corrected chi connectivity index (χ3v) is 2.77. The summed E-state index contributed by atoms with van der Waals surface area (Å²) >= 11 is 0. The van der Waals surface area contributed by atoms with Gasteiger partial charge < -0.3 is 11.1 Å². The van der Waals surface area contributed by atoms with Gasteiger partial charge in [0.25, 0.3) is 5.56 Å². The maximum atomic E-state index is 11.7. The van der Waals surface area contributed by atoms with E-state index in [2.05, 4.69) is 15.4 Å². The van der Waals surface area contributed by atoms with E-state index in [-0.39, 0.29) is 11.5 Å². The Kier molecular flexibility index (Phi) is 3.41. The van der Waals surface area contributed by atoms with Crippen LogP contribution in [0.15, 0.2) is 21.9 Å². The Bertz CT molecular complexity index is 696. The second-order valence-corrected chi connectivity index (χ2v) is 4.10. The zero-order valence-electron chi connectivity index (χ0n) is 10.8. The van der Waals surface area contributed by atoms with Crippen LogP contribution in [0, 0.1) is 0 Å². The zero-order valence-corrected chi connectivity index (χ0v) is 10.8. The number of anilines is 2. The molecule has 8 nitrogen and oxygen atoms in total. The first-order valence-electron chi connectivity index (χ1n) is 5.88. The third-order valence-electron chi connectivity index (χ3n) is 2.77. The first-order chi connectivity index (χ1) is 9.02. The number of aromatic amines is 1. The number of aromatic nitrogens is 4. The standard InChI is InChI=1S/C11H16N6O2/c1-3-17-9(12)8(10(18)14-11(17)19)13-6-7-4-5-16(2)15-7/h4-5,13H,3,6,12H2,1-2H3,(H,14,18,19). The van der Waals surface area contributed by atoms with Crippen LogP contribution in [0.5, 0.6) is 0 Å². The molecule has 0 fully saturated rings. The number of rotatable bonds is 4. The van der Waals surface area contributed by atoms with Gasteiger partial charge in [-0.2, -0.15) is 5.10 Å². The molecule has 8 heteroatoms. The third kappa shape index (κ3) is 2.51. The Balaban J connectivity index is 2.30. The lowest BCUT2D eigenvalue weighted by molar-refractivity contribution is 0.705. The van der Waals surface area contributed by atoms with Crippen molar-refractivity contribution in [2.24, 2.45) is 7.05 Å². The van der Waals surface area contributed by atoms with Crippen LogP contribution < -0.4 is 22.3 Å². The van der Waals surface area contributed by atoms with Gasteiger partial charge in [-0.1, -0.05) is 0 Å². The predicted octanol–water partition coefficient (Wildman–Crippen LogP) is -0.516. The maximum absolute atomic E-state index is 11.7. The average molecular weight is 264 g/mol. The monoisotopic (exact) mass is 264 g/mol. The Morgan fingerprint density at radius 1 is 1.47 bits per heavy atom. The van der Waals surface area contributed by atoms with Crippen LogP contribution in [0.3, 0.4) is 0 Å². The van der Waals surface area contributed by atoms with Gasteiger partial charge in [0.2, 0.25) is 0 Å². The molecule has 102 valence electrons. The number of hydrogen-bond acceptors (Lipinski definition) is 5. The van der Waals surface area contributed by atoms with Crippen molar-refractivity contribution in [2.75, 3.05) is 11.1 Å². The number of nitrogens with one attached hydrogen (secondary N) is 2. The van der Waals surface area contributed by atoms with Crippen molar-refractivity contribution in [1.82, 2.24) is 19.3 Å². The lowest BCUT2D eigenvalue weighted by Gasteiger charge is -2.11. The summed E-state index contributed by atoms with van der Waals surface area (Å²) in [5.41, 5.74) is 5.75. The molecule has 0 saturated heterocycles. The van der Waals surface area contributed by atoms with Crippen molar-refractivity contribution in [3.63, 3.8) is 0 Å². The van der Waals surface area contributed by atoms with Crippen LogP contribution in [0.2, 0.25) is 0 Å². The van der Waals surface area contributed by atoms with Crippen molar-refractivity contribution >= 4 is 11.5 Å². The molecule has 0 amide bonds. The minimum atomic E-state index is -0.525. The predicted molar refractivity (Wildman–Crippen MR) is 71.9 cm³/mol. The van der Waals surface area contributed by atoms with E-state index in [0.717, 1.165) is 5.69 Å². The molecule has 2 aromatic rings. The number of hydrogen-bond donors (Lipinski definition) is 3. The van der Waals surface area contributed by atoms with E-state index < -0.39 is 11.2 Å². The molecule has 2 heterocycles. The molecule has 0 unspecified atom stereocenters. The molecule has 0 atom stereocenters. The molecule has 0 aromatic carbocycles. The largest absolute Gasteiger partial charge is 0.383 e. The summed E-state index contributed by atoms with van der Waals surface area (Å²) in [5, 5.41) is 7.09.